The number of rotatable bonds is 3. The average Bonchev–Trinajstić information content (AvgIpc) is 2.70. The molecule has 82 valence electrons. The number of nitro benzene ring substituents is 1. The Balaban J connectivity index is 2.40. The van der Waals surface area contributed by atoms with E-state index in [0.29, 0.717) is 4.90 Å². The van der Waals surface area contributed by atoms with E-state index in [1.807, 2.05) is 5.38 Å². The third-order valence-electron chi connectivity index (χ3n) is 1.82. The van der Waals surface area contributed by atoms with Gasteiger partial charge in [0.2, 0.25) is 0 Å². The first kappa shape index (κ1) is 10.9. The van der Waals surface area contributed by atoms with E-state index in [2.05, 4.69) is 4.98 Å². The molecule has 0 unspecified atom stereocenters. The van der Waals surface area contributed by atoms with Crippen LogP contribution < -0.4 is 5.73 Å². The topological polar surface area (TPSA) is 82.0 Å². The Hall–Kier alpha value is -1.60. The van der Waals surface area contributed by atoms with Gasteiger partial charge in [-0.05, 0) is 12.1 Å². The lowest BCUT2D eigenvalue weighted by atomic mass is 10.3. The maximum Gasteiger partial charge on any atom is 0.305 e. The van der Waals surface area contributed by atoms with Gasteiger partial charge < -0.3 is 5.73 Å². The number of anilines is 1. The Labute approximate surface area is 99.5 Å². The zero-order valence-electron chi connectivity index (χ0n) is 7.99. The lowest BCUT2D eigenvalue weighted by Gasteiger charge is -2.02. The van der Waals surface area contributed by atoms with Crippen LogP contribution in [0.2, 0.25) is 0 Å². The molecule has 2 N–H and O–H groups in total. The van der Waals surface area contributed by atoms with Crippen LogP contribution in [0.15, 0.2) is 39.0 Å². The van der Waals surface area contributed by atoms with E-state index >= 15 is 0 Å². The van der Waals surface area contributed by atoms with E-state index in [1.54, 1.807) is 18.3 Å². The smallest absolute Gasteiger partial charge is 0.305 e. The van der Waals surface area contributed by atoms with Gasteiger partial charge in [0, 0.05) is 11.6 Å². The Kier molecular flexibility index (Phi) is 3.07. The minimum Gasteiger partial charge on any atom is -0.393 e. The SMILES string of the molecule is Nc1cccc(Sc2nccs2)c1[N+](=O)[O-]. The number of para-hydroxylation sites is 1. The Morgan fingerprint density at radius 2 is 2.31 bits per heavy atom. The second kappa shape index (κ2) is 4.50. The summed E-state index contributed by atoms with van der Waals surface area (Å²) in [6, 6.07) is 4.88. The molecule has 0 aliphatic rings. The highest BCUT2D eigenvalue weighted by atomic mass is 32.2. The van der Waals surface area contributed by atoms with E-state index in [9.17, 15) is 10.1 Å². The Morgan fingerprint density at radius 1 is 1.50 bits per heavy atom. The van der Waals surface area contributed by atoms with E-state index in [4.69, 9.17) is 5.73 Å². The zero-order valence-corrected chi connectivity index (χ0v) is 9.62. The Morgan fingerprint density at radius 3 is 2.94 bits per heavy atom. The van der Waals surface area contributed by atoms with Crippen LogP contribution in [0.25, 0.3) is 0 Å². The van der Waals surface area contributed by atoms with Crippen molar-refractivity contribution in [2.24, 2.45) is 0 Å². The monoisotopic (exact) mass is 253 g/mol. The van der Waals surface area contributed by atoms with Crippen molar-refractivity contribution in [2.75, 3.05) is 5.73 Å². The molecule has 7 heteroatoms. The van der Waals surface area contributed by atoms with Crippen LogP contribution in [0.1, 0.15) is 0 Å². The van der Waals surface area contributed by atoms with E-state index in [1.165, 1.54) is 29.2 Å². The van der Waals surface area contributed by atoms with E-state index in [-0.39, 0.29) is 11.4 Å². The summed E-state index contributed by atoms with van der Waals surface area (Å²) in [5.41, 5.74) is 5.70. The van der Waals surface area contributed by atoms with Crippen molar-refractivity contribution >= 4 is 34.5 Å². The molecule has 0 aliphatic heterocycles. The molecule has 0 saturated heterocycles. The fourth-order valence-electron chi connectivity index (χ4n) is 1.17. The molecule has 16 heavy (non-hydrogen) atoms. The first-order chi connectivity index (χ1) is 7.68. The normalized spacial score (nSPS) is 10.2. The molecular formula is C9H7N3O2S2. The minimum absolute atomic E-state index is 0.0531. The van der Waals surface area contributed by atoms with Crippen molar-refractivity contribution < 1.29 is 4.92 Å². The molecule has 5 nitrogen and oxygen atoms in total. The highest BCUT2D eigenvalue weighted by molar-refractivity contribution is 8.01. The number of benzene rings is 1. The predicted octanol–water partition coefficient (Wildman–Crippen LogP) is 2.78. The number of nitrogens with zero attached hydrogens (tertiary/aromatic N) is 2. The molecule has 0 spiro atoms. The number of nitrogens with two attached hydrogens (primary N) is 1. The first-order valence-corrected chi connectivity index (χ1v) is 5.98. The van der Waals surface area contributed by atoms with Gasteiger partial charge >= 0.3 is 5.69 Å². The number of thiazole rings is 1. The number of hydrogen-bond donors (Lipinski definition) is 1. The van der Waals surface area contributed by atoms with Gasteiger partial charge in [-0.1, -0.05) is 17.8 Å². The third kappa shape index (κ3) is 2.15. The number of nitro groups is 1. The van der Waals surface area contributed by atoms with Crippen molar-refractivity contribution in [3.8, 4) is 0 Å². The molecular weight excluding hydrogens is 246 g/mol. The third-order valence-corrected chi connectivity index (χ3v) is 3.75. The van der Waals surface area contributed by atoms with E-state index < -0.39 is 4.92 Å². The molecule has 0 saturated carbocycles. The fraction of sp³-hybridized carbons (Fsp3) is 0. The molecule has 0 atom stereocenters. The van der Waals surface area contributed by atoms with Crippen LogP contribution >= 0.6 is 23.1 Å². The lowest BCUT2D eigenvalue weighted by molar-refractivity contribution is -0.386. The predicted molar refractivity (Wildman–Crippen MR) is 63.7 cm³/mol. The zero-order chi connectivity index (χ0) is 11.5. The highest BCUT2D eigenvalue weighted by Gasteiger charge is 2.18. The van der Waals surface area contributed by atoms with Crippen molar-refractivity contribution in [2.45, 2.75) is 9.24 Å². The summed E-state index contributed by atoms with van der Waals surface area (Å²) in [6.07, 6.45) is 1.66. The second-order valence-corrected chi connectivity index (χ2v) is 5.03. The summed E-state index contributed by atoms with van der Waals surface area (Å²) >= 11 is 2.68. The first-order valence-electron chi connectivity index (χ1n) is 4.28. The van der Waals surface area contributed by atoms with Crippen molar-refractivity contribution in [3.05, 3.63) is 39.9 Å². The molecule has 0 fully saturated rings. The molecule has 0 bridgehead atoms. The van der Waals surface area contributed by atoms with Crippen LogP contribution in [0, 0.1) is 10.1 Å². The molecule has 2 aromatic rings. The molecule has 0 aliphatic carbocycles. The van der Waals surface area contributed by atoms with Gasteiger partial charge in [-0.2, -0.15) is 0 Å². The van der Waals surface area contributed by atoms with Gasteiger partial charge in [0.1, 0.15) is 5.69 Å². The Bertz CT molecular complexity index is 513. The van der Waals surface area contributed by atoms with Crippen LogP contribution in [-0.4, -0.2) is 9.91 Å². The largest absolute Gasteiger partial charge is 0.393 e. The maximum absolute atomic E-state index is 10.9. The minimum atomic E-state index is -0.467. The number of nitrogen functional groups attached to an aromatic ring is 1. The molecule has 1 heterocycles. The average molecular weight is 253 g/mol. The van der Waals surface area contributed by atoms with Gasteiger partial charge in [-0.15, -0.1) is 11.3 Å². The maximum atomic E-state index is 10.9. The van der Waals surface area contributed by atoms with Crippen LogP contribution in [-0.2, 0) is 0 Å². The number of hydrogen-bond acceptors (Lipinski definition) is 6. The number of aromatic nitrogens is 1. The van der Waals surface area contributed by atoms with Crippen LogP contribution in [0.3, 0.4) is 0 Å². The molecule has 0 radical (unpaired) electrons. The van der Waals surface area contributed by atoms with Gasteiger partial charge in [0.05, 0.1) is 9.82 Å². The van der Waals surface area contributed by atoms with Crippen molar-refractivity contribution in [1.29, 1.82) is 0 Å². The summed E-state index contributed by atoms with van der Waals surface area (Å²) in [4.78, 5) is 15.0. The lowest BCUT2D eigenvalue weighted by Crippen LogP contribution is -1.96. The van der Waals surface area contributed by atoms with Gasteiger partial charge in [-0.3, -0.25) is 10.1 Å². The molecule has 2 rings (SSSR count). The summed E-state index contributed by atoms with van der Waals surface area (Å²) in [5, 5.41) is 12.7. The molecule has 0 amide bonds. The highest BCUT2D eigenvalue weighted by Crippen LogP contribution is 2.38. The molecule has 1 aromatic carbocycles. The summed E-state index contributed by atoms with van der Waals surface area (Å²) in [7, 11) is 0. The van der Waals surface area contributed by atoms with Crippen molar-refractivity contribution in [1.82, 2.24) is 4.98 Å². The quantitative estimate of drug-likeness (QED) is 0.516. The summed E-state index contributed by atoms with van der Waals surface area (Å²) in [6.45, 7) is 0. The van der Waals surface area contributed by atoms with Crippen LogP contribution in [0.4, 0.5) is 11.4 Å². The van der Waals surface area contributed by atoms with E-state index in [0.717, 1.165) is 4.34 Å². The summed E-state index contributed by atoms with van der Waals surface area (Å²) in [5.74, 6) is 0. The van der Waals surface area contributed by atoms with Crippen LogP contribution in [0.5, 0.6) is 0 Å². The second-order valence-electron chi connectivity index (χ2n) is 2.85. The standard InChI is InChI=1S/C9H7N3O2S2/c10-6-2-1-3-7(8(6)12(13)14)16-9-11-4-5-15-9/h1-5H,10H2. The van der Waals surface area contributed by atoms with Gasteiger partial charge in [0.25, 0.3) is 0 Å². The van der Waals surface area contributed by atoms with Gasteiger partial charge in [0.15, 0.2) is 4.34 Å². The molecule has 1 aromatic heterocycles. The fourth-order valence-corrected chi connectivity index (χ4v) is 2.90. The van der Waals surface area contributed by atoms with Gasteiger partial charge in [-0.25, -0.2) is 4.98 Å². The summed E-state index contributed by atoms with van der Waals surface area (Å²) < 4.78 is 0.758. The van der Waals surface area contributed by atoms with Crippen molar-refractivity contribution in [3.63, 3.8) is 0 Å².